The highest BCUT2D eigenvalue weighted by Gasteiger charge is 2.10. The van der Waals surface area contributed by atoms with Crippen LogP contribution in [0.25, 0.3) is 11.5 Å². The zero-order valence-corrected chi connectivity index (χ0v) is 18.0. The van der Waals surface area contributed by atoms with Gasteiger partial charge in [-0.3, -0.25) is 9.69 Å². The summed E-state index contributed by atoms with van der Waals surface area (Å²) in [7, 11) is 0. The van der Waals surface area contributed by atoms with Crippen LogP contribution in [0, 0.1) is 6.92 Å². The minimum atomic E-state index is -0.0303. The summed E-state index contributed by atoms with van der Waals surface area (Å²) in [5.41, 5.74) is 4.43. The lowest BCUT2D eigenvalue weighted by Crippen LogP contribution is -2.23. The van der Waals surface area contributed by atoms with Crippen molar-refractivity contribution in [1.29, 1.82) is 0 Å². The zero-order valence-electron chi connectivity index (χ0n) is 18.0. The van der Waals surface area contributed by atoms with E-state index < -0.39 is 0 Å². The lowest BCUT2D eigenvalue weighted by Gasteiger charge is -2.18. The van der Waals surface area contributed by atoms with Gasteiger partial charge in [-0.1, -0.05) is 55.8 Å². The highest BCUT2D eigenvalue weighted by Crippen LogP contribution is 2.18. The highest BCUT2D eigenvalue weighted by atomic mass is 16.4. The summed E-state index contributed by atoms with van der Waals surface area (Å²) in [4.78, 5) is 14.6. The third-order valence-electron chi connectivity index (χ3n) is 5.14. The van der Waals surface area contributed by atoms with Gasteiger partial charge in [0, 0.05) is 31.5 Å². The molecule has 158 valence electrons. The molecule has 6 heteroatoms. The molecule has 0 unspecified atom stereocenters. The first-order valence-corrected chi connectivity index (χ1v) is 10.5. The molecule has 3 rings (SSSR count). The van der Waals surface area contributed by atoms with E-state index in [0.717, 1.165) is 30.8 Å². The van der Waals surface area contributed by atoms with Crippen molar-refractivity contribution in [1.82, 2.24) is 20.4 Å². The maximum Gasteiger partial charge on any atom is 0.247 e. The predicted octanol–water partition coefficient (Wildman–Crippen LogP) is 4.14. The standard InChI is InChI=1S/C24H30N4O2/c1-4-28(5-2)17-20-10-8-19(9-11-20)16-25-22(29)14-15-23-26-27-24(30-23)21-12-6-18(3)7-13-21/h6-13H,4-5,14-17H2,1-3H3,(H,25,29). The van der Waals surface area contributed by atoms with E-state index >= 15 is 0 Å². The van der Waals surface area contributed by atoms with Crippen LogP contribution in [0.15, 0.2) is 52.9 Å². The molecule has 1 N–H and O–H groups in total. The quantitative estimate of drug-likeness (QED) is 0.548. The molecule has 0 aliphatic carbocycles. The fourth-order valence-corrected chi connectivity index (χ4v) is 3.14. The molecular weight excluding hydrogens is 376 g/mol. The van der Waals surface area contributed by atoms with Gasteiger partial charge in [-0.25, -0.2) is 0 Å². The molecular formula is C24H30N4O2. The average molecular weight is 407 g/mol. The number of aryl methyl sites for hydroxylation is 2. The maximum absolute atomic E-state index is 12.2. The van der Waals surface area contributed by atoms with E-state index in [1.807, 2.05) is 31.2 Å². The molecule has 0 aliphatic rings. The first-order valence-electron chi connectivity index (χ1n) is 10.5. The van der Waals surface area contributed by atoms with Crippen LogP contribution in [0.5, 0.6) is 0 Å². The van der Waals surface area contributed by atoms with Gasteiger partial charge < -0.3 is 9.73 Å². The number of aromatic nitrogens is 2. The van der Waals surface area contributed by atoms with E-state index in [1.54, 1.807) is 0 Å². The van der Waals surface area contributed by atoms with Gasteiger partial charge in [0.15, 0.2) is 0 Å². The first-order chi connectivity index (χ1) is 14.6. The molecule has 0 aliphatic heterocycles. The van der Waals surface area contributed by atoms with Crippen molar-refractivity contribution in [3.8, 4) is 11.5 Å². The van der Waals surface area contributed by atoms with Gasteiger partial charge >= 0.3 is 0 Å². The molecule has 0 spiro atoms. The van der Waals surface area contributed by atoms with Crippen molar-refractivity contribution in [2.45, 2.75) is 46.7 Å². The molecule has 0 atom stereocenters. The van der Waals surface area contributed by atoms with Crippen LogP contribution in [-0.4, -0.2) is 34.1 Å². The topological polar surface area (TPSA) is 71.3 Å². The Morgan fingerprint density at radius 2 is 1.63 bits per heavy atom. The minimum Gasteiger partial charge on any atom is -0.421 e. The van der Waals surface area contributed by atoms with Crippen molar-refractivity contribution >= 4 is 5.91 Å². The van der Waals surface area contributed by atoms with E-state index in [-0.39, 0.29) is 5.91 Å². The number of amides is 1. The van der Waals surface area contributed by atoms with Crippen LogP contribution >= 0.6 is 0 Å². The third-order valence-corrected chi connectivity index (χ3v) is 5.14. The Labute approximate surface area is 178 Å². The van der Waals surface area contributed by atoms with E-state index in [1.165, 1.54) is 11.1 Å². The molecule has 0 fully saturated rings. The summed E-state index contributed by atoms with van der Waals surface area (Å²) in [6.45, 7) is 9.93. The number of nitrogens with zero attached hydrogens (tertiary/aromatic N) is 3. The molecule has 6 nitrogen and oxygen atoms in total. The van der Waals surface area contributed by atoms with Crippen LogP contribution in [0.4, 0.5) is 0 Å². The Morgan fingerprint density at radius 3 is 2.30 bits per heavy atom. The zero-order chi connectivity index (χ0) is 21.3. The smallest absolute Gasteiger partial charge is 0.247 e. The normalized spacial score (nSPS) is 11.1. The van der Waals surface area contributed by atoms with Crippen molar-refractivity contribution < 1.29 is 9.21 Å². The number of hydrogen-bond acceptors (Lipinski definition) is 5. The fraction of sp³-hybridized carbons (Fsp3) is 0.375. The van der Waals surface area contributed by atoms with Crippen LogP contribution in [0.3, 0.4) is 0 Å². The van der Waals surface area contributed by atoms with E-state index in [0.29, 0.717) is 31.2 Å². The molecule has 1 amide bonds. The maximum atomic E-state index is 12.2. The predicted molar refractivity (Wildman–Crippen MR) is 118 cm³/mol. The minimum absolute atomic E-state index is 0.0303. The monoisotopic (exact) mass is 406 g/mol. The number of hydrogen-bond donors (Lipinski definition) is 1. The molecule has 0 saturated carbocycles. The van der Waals surface area contributed by atoms with Gasteiger partial charge in [-0.2, -0.15) is 0 Å². The molecule has 30 heavy (non-hydrogen) atoms. The van der Waals surface area contributed by atoms with Crippen LogP contribution < -0.4 is 5.32 Å². The Morgan fingerprint density at radius 1 is 0.967 bits per heavy atom. The second-order valence-electron chi connectivity index (χ2n) is 7.42. The van der Waals surface area contributed by atoms with Crippen molar-refractivity contribution in [3.63, 3.8) is 0 Å². The summed E-state index contributed by atoms with van der Waals surface area (Å²) in [5, 5.41) is 11.1. The van der Waals surface area contributed by atoms with Crippen molar-refractivity contribution in [2.24, 2.45) is 0 Å². The summed E-state index contributed by atoms with van der Waals surface area (Å²) in [5.74, 6) is 0.925. The summed E-state index contributed by atoms with van der Waals surface area (Å²) in [6, 6.07) is 16.3. The van der Waals surface area contributed by atoms with Crippen molar-refractivity contribution in [2.75, 3.05) is 13.1 Å². The Balaban J connectivity index is 1.43. The van der Waals surface area contributed by atoms with Gasteiger partial charge in [-0.05, 0) is 43.3 Å². The molecule has 0 radical (unpaired) electrons. The largest absolute Gasteiger partial charge is 0.421 e. The second kappa shape index (κ2) is 10.7. The Kier molecular flexibility index (Phi) is 7.74. The number of rotatable bonds is 10. The van der Waals surface area contributed by atoms with E-state index in [9.17, 15) is 4.79 Å². The third kappa shape index (κ3) is 6.26. The summed E-state index contributed by atoms with van der Waals surface area (Å²) < 4.78 is 5.68. The highest BCUT2D eigenvalue weighted by molar-refractivity contribution is 5.76. The Hall–Kier alpha value is -2.99. The second-order valence-corrected chi connectivity index (χ2v) is 7.42. The summed E-state index contributed by atoms with van der Waals surface area (Å²) >= 11 is 0. The fourth-order valence-electron chi connectivity index (χ4n) is 3.14. The number of benzene rings is 2. The van der Waals surface area contributed by atoms with Gasteiger partial charge in [0.25, 0.3) is 0 Å². The average Bonchev–Trinajstić information content (AvgIpc) is 3.25. The van der Waals surface area contributed by atoms with Crippen LogP contribution in [0.1, 0.15) is 42.8 Å². The van der Waals surface area contributed by atoms with Gasteiger partial charge in [-0.15, -0.1) is 10.2 Å². The SMILES string of the molecule is CCN(CC)Cc1ccc(CNC(=O)CCc2nnc(-c3ccc(C)cc3)o2)cc1. The lowest BCUT2D eigenvalue weighted by atomic mass is 10.1. The van der Waals surface area contributed by atoms with Crippen LogP contribution in [0.2, 0.25) is 0 Å². The molecule has 3 aromatic rings. The molecule has 1 heterocycles. The number of carbonyl (C=O) groups excluding carboxylic acids is 1. The van der Waals surface area contributed by atoms with Gasteiger partial charge in [0.2, 0.25) is 17.7 Å². The van der Waals surface area contributed by atoms with E-state index in [4.69, 9.17) is 4.42 Å². The molecule has 0 saturated heterocycles. The molecule has 0 bridgehead atoms. The Bertz CT molecular complexity index is 929. The lowest BCUT2D eigenvalue weighted by molar-refractivity contribution is -0.121. The molecule has 1 aromatic heterocycles. The number of carbonyl (C=O) groups is 1. The van der Waals surface area contributed by atoms with Crippen molar-refractivity contribution in [3.05, 3.63) is 71.1 Å². The molecule has 2 aromatic carbocycles. The van der Waals surface area contributed by atoms with Gasteiger partial charge in [0.05, 0.1) is 0 Å². The first kappa shape index (κ1) is 21.7. The van der Waals surface area contributed by atoms with Gasteiger partial charge in [0.1, 0.15) is 0 Å². The van der Waals surface area contributed by atoms with E-state index in [2.05, 4.69) is 58.5 Å². The number of nitrogens with one attached hydrogen (secondary N) is 1. The van der Waals surface area contributed by atoms with Crippen LogP contribution in [-0.2, 0) is 24.3 Å². The summed E-state index contributed by atoms with van der Waals surface area (Å²) in [6.07, 6.45) is 0.739.